The van der Waals surface area contributed by atoms with Crippen molar-refractivity contribution < 1.29 is 4.79 Å². The molecule has 2 saturated carbocycles. The van der Waals surface area contributed by atoms with Crippen LogP contribution in [0.2, 0.25) is 10.0 Å². The Hall–Kier alpha value is -1.51. The number of piperidine rings is 1. The van der Waals surface area contributed by atoms with E-state index < -0.39 is 0 Å². The van der Waals surface area contributed by atoms with Crippen molar-refractivity contribution in [3.05, 3.63) is 69.7 Å². The van der Waals surface area contributed by atoms with E-state index in [1.807, 2.05) is 24.3 Å². The van der Waals surface area contributed by atoms with E-state index in [1.165, 1.54) is 36.8 Å². The van der Waals surface area contributed by atoms with E-state index in [2.05, 4.69) is 36.1 Å². The van der Waals surface area contributed by atoms with Gasteiger partial charge in [-0.2, -0.15) is 0 Å². The monoisotopic (exact) mass is 427 g/mol. The lowest BCUT2D eigenvalue weighted by molar-refractivity contribution is -0.147. The molecule has 0 bridgehead atoms. The van der Waals surface area contributed by atoms with Crippen LogP contribution in [0.4, 0.5) is 0 Å². The van der Waals surface area contributed by atoms with Crippen LogP contribution in [-0.2, 0) is 4.79 Å². The lowest BCUT2D eigenvalue weighted by Crippen LogP contribution is -2.52. The Balaban J connectivity index is 1.63. The second-order valence-electron chi connectivity index (χ2n) is 9.21. The van der Waals surface area contributed by atoms with E-state index >= 15 is 0 Å². The summed E-state index contributed by atoms with van der Waals surface area (Å²) in [4.78, 5) is 15.9. The molecule has 2 aliphatic carbocycles. The molecule has 1 saturated heterocycles. The lowest BCUT2D eigenvalue weighted by atomic mass is 9.75. The SMILES string of the molecule is CC1CC(c2cccc(Cl)c2)C(c2ccc(Cl)cc2)N(C(C2CC2)C2CC2)C1=O. The second kappa shape index (κ2) is 7.63. The zero-order valence-corrected chi connectivity index (χ0v) is 18.2. The Morgan fingerprint density at radius 3 is 2.14 bits per heavy atom. The third-order valence-electron chi connectivity index (χ3n) is 6.98. The summed E-state index contributed by atoms with van der Waals surface area (Å²) < 4.78 is 0. The summed E-state index contributed by atoms with van der Waals surface area (Å²) in [5.74, 6) is 1.94. The summed E-state index contributed by atoms with van der Waals surface area (Å²) in [6, 6.07) is 16.8. The average Bonchev–Trinajstić information content (AvgIpc) is 3.61. The molecule has 3 atom stereocenters. The Morgan fingerprint density at radius 1 is 0.897 bits per heavy atom. The van der Waals surface area contributed by atoms with Crippen LogP contribution in [0.3, 0.4) is 0 Å². The summed E-state index contributed by atoms with van der Waals surface area (Å²) in [7, 11) is 0. The molecule has 29 heavy (non-hydrogen) atoms. The van der Waals surface area contributed by atoms with Crippen molar-refractivity contribution >= 4 is 29.1 Å². The molecular weight excluding hydrogens is 401 g/mol. The number of rotatable bonds is 5. The number of carbonyl (C=O) groups excluding carboxylic acids is 1. The van der Waals surface area contributed by atoms with Crippen LogP contribution >= 0.6 is 23.2 Å². The predicted octanol–water partition coefficient (Wildman–Crippen LogP) is 6.88. The van der Waals surface area contributed by atoms with Crippen molar-refractivity contribution in [1.29, 1.82) is 0 Å². The fourth-order valence-electron chi connectivity index (χ4n) is 5.35. The highest BCUT2D eigenvalue weighted by molar-refractivity contribution is 6.30. The van der Waals surface area contributed by atoms with Crippen molar-refractivity contribution in [3.8, 4) is 0 Å². The number of carbonyl (C=O) groups is 1. The number of hydrogen-bond acceptors (Lipinski definition) is 1. The van der Waals surface area contributed by atoms with Crippen LogP contribution in [0.25, 0.3) is 0 Å². The molecule has 3 aliphatic rings. The van der Waals surface area contributed by atoms with Gasteiger partial charge in [0.25, 0.3) is 0 Å². The number of nitrogens with zero attached hydrogens (tertiary/aromatic N) is 1. The molecule has 1 heterocycles. The molecule has 1 amide bonds. The molecule has 0 aromatic heterocycles. The second-order valence-corrected chi connectivity index (χ2v) is 10.1. The zero-order chi connectivity index (χ0) is 20.1. The van der Waals surface area contributed by atoms with Gasteiger partial charge in [-0.3, -0.25) is 4.79 Å². The van der Waals surface area contributed by atoms with Gasteiger partial charge in [-0.25, -0.2) is 0 Å². The van der Waals surface area contributed by atoms with Crippen molar-refractivity contribution in [2.45, 2.75) is 57.0 Å². The van der Waals surface area contributed by atoms with Gasteiger partial charge in [0.2, 0.25) is 5.91 Å². The number of halogens is 2. The van der Waals surface area contributed by atoms with Gasteiger partial charge >= 0.3 is 0 Å². The van der Waals surface area contributed by atoms with E-state index in [1.54, 1.807) is 0 Å². The molecule has 0 N–H and O–H groups in total. The van der Waals surface area contributed by atoms with Gasteiger partial charge in [0, 0.05) is 27.9 Å². The standard InChI is InChI=1S/C25H27Cl2NO/c1-15-13-22(19-3-2-4-21(27)14-19)24(18-9-11-20(26)12-10-18)28(25(15)29)23(16-5-6-16)17-7-8-17/h2-4,9-12,14-17,22-24H,5-8,13H2,1H3. The summed E-state index contributed by atoms with van der Waals surface area (Å²) >= 11 is 12.6. The quantitative estimate of drug-likeness (QED) is 0.509. The summed E-state index contributed by atoms with van der Waals surface area (Å²) in [5, 5.41) is 1.49. The topological polar surface area (TPSA) is 20.3 Å². The first-order valence-electron chi connectivity index (χ1n) is 10.9. The fourth-order valence-corrected chi connectivity index (χ4v) is 5.68. The summed E-state index contributed by atoms with van der Waals surface area (Å²) in [6.45, 7) is 2.10. The van der Waals surface area contributed by atoms with Crippen LogP contribution in [0.15, 0.2) is 48.5 Å². The Bertz CT molecular complexity index is 891. The molecule has 1 aliphatic heterocycles. The van der Waals surface area contributed by atoms with Gasteiger partial charge in [-0.15, -0.1) is 0 Å². The highest BCUT2D eigenvalue weighted by Crippen LogP contribution is 2.54. The van der Waals surface area contributed by atoms with Crippen molar-refractivity contribution in [3.63, 3.8) is 0 Å². The zero-order valence-electron chi connectivity index (χ0n) is 16.7. The first kappa shape index (κ1) is 19.5. The largest absolute Gasteiger partial charge is 0.331 e. The molecule has 152 valence electrons. The predicted molar refractivity (Wildman–Crippen MR) is 118 cm³/mol. The molecule has 0 spiro atoms. The molecule has 3 fully saturated rings. The number of hydrogen-bond donors (Lipinski definition) is 0. The van der Waals surface area contributed by atoms with Crippen molar-refractivity contribution in [2.24, 2.45) is 17.8 Å². The Morgan fingerprint density at radius 2 is 1.55 bits per heavy atom. The maximum atomic E-state index is 13.6. The third kappa shape index (κ3) is 3.82. The van der Waals surface area contributed by atoms with Crippen molar-refractivity contribution in [2.75, 3.05) is 0 Å². The smallest absolute Gasteiger partial charge is 0.226 e. The Labute approximate surface area is 183 Å². The first-order valence-corrected chi connectivity index (χ1v) is 11.6. The number of likely N-dealkylation sites (tertiary alicyclic amines) is 1. The Kier molecular flexibility index (Phi) is 5.12. The van der Waals surface area contributed by atoms with E-state index in [-0.39, 0.29) is 17.9 Å². The number of benzene rings is 2. The van der Waals surface area contributed by atoms with Gasteiger partial charge in [-0.05, 0) is 79.3 Å². The van der Waals surface area contributed by atoms with Gasteiger partial charge < -0.3 is 4.90 Å². The molecule has 3 unspecified atom stereocenters. The number of amides is 1. The molecule has 2 nitrogen and oxygen atoms in total. The lowest BCUT2D eigenvalue weighted by Gasteiger charge is -2.48. The maximum absolute atomic E-state index is 13.6. The first-order chi connectivity index (χ1) is 14.0. The van der Waals surface area contributed by atoms with E-state index in [0.29, 0.717) is 23.8 Å². The summed E-state index contributed by atoms with van der Waals surface area (Å²) in [5.41, 5.74) is 2.41. The summed E-state index contributed by atoms with van der Waals surface area (Å²) in [6.07, 6.45) is 5.89. The molecular formula is C25H27Cl2NO. The van der Waals surface area contributed by atoms with Gasteiger partial charge in [0.1, 0.15) is 0 Å². The van der Waals surface area contributed by atoms with Crippen LogP contribution < -0.4 is 0 Å². The minimum atomic E-state index is 0.0301. The van der Waals surface area contributed by atoms with E-state index in [9.17, 15) is 4.79 Å². The minimum absolute atomic E-state index is 0.0301. The normalized spacial score (nSPS) is 27.5. The highest BCUT2D eigenvalue weighted by Gasteiger charge is 2.52. The highest BCUT2D eigenvalue weighted by atomic mass is 35.5. The third-order valence-corrected chi connectivity index (χ3v) is 7.47. The van der Waals surface area contributed by atoms with Crippen molar-refractivity contribution in [1.82, 2.24) is 4.90 Å². The molecule has 2 aromatic carbocycles. The van der Waals surface area contributed by atoms with Gasteiger partial charge in [0.15, 0.2) is 0 Å². The fraction of sp³-hybridized carbons (Fsp3) is 0.480. The minimum Gasteiger partial charge on any atom is -0.331 e. The molecule has 2 aromatic rings. The molecule has 5 rings (SSSR count). The van der Waals surface area contributed by atoms with E-state index in [4.69, 9.17) is 23.2 Å². The molecule has 0 radical (unpaired) electrons. The van der Waals surface area contributed by atoms with Gasteiger partial charge in [0.05, 0.1) is 6.04 Å². The van der Waals surface area contributed by atoms with Crippen LogP contribution in [-0.4, -0.2) is 16.8 Å². The van der Waals surface area contributed by atoms with Crippen LogP contribution in [0, 0.1) is 17.8 Å². The van der Waals surface area contributed by atoms with Crippen LogP contribution in [0.5, 0.6) is 0 Å². The van der Waals surface area contributed by atoms with Gasteiger partial charge in [-0.1, -0.05) is 54.4 Å². The van der Waals surface area contributed by atoms with E-state index in [0.717, 1.165) is 16.5 Å². The molecule has 4 heteroatoms. The van der Waals surface area contributed by atoms with Crippen LogP contribution in [0.1, 0.15) is 62.1 Å². The maximum Gasteiger partial charge on any atom is 0.226 e. The average molecular weight is 428 g/mol.